The number of halogens is 2. The van der Waals surface area contributed by atoms with Crippen LogP contribution in [0.2, 0.25) is 0 Å². The predicted molar refractivity (Wildman–Crippen MR) is 55.1 cm³/mol. The number of rotatable bonds is 6. The monoisotopic (exact) mass is 210 g/mol. The van der Waals surface area contributed by atoms with Crippen LogP contribution in [0.1, 0.15) is 27.7 Å². The fraction of sp³-hybridized carbons (Fsp3) is 1.00. The minimum atomic E-state index is -0.373. The van der Waals surface area contributed by atoms with Crippen molar-refractivity contribution < 1.29 is 9.13 Å². The first-order chi connectivity index (χ1) is 5.83. The summed E-state index contributed by atoms with van der Waals surface area (Å²) in [6.45, 7) is 8.43. The zero-order valence-electron chi connectivity index (χ0n) is 8.99. The predicted octanol–water partition coefficient (Wildman–Crippen LogP) is 3.26. The minimum absolute atomic E-state index is 0.0199. The third-order valence-corrected chi connectivity index (χ3v) is 2.43. The summed E-state index contributed by atoms with van der Waals surface area (Å²) >= 11 is 5.72. The van der Waals surface area contributed by atoms with E-state index in [1.807, 2.05) is 27.7 Å². The second kappa shape index (κ2) is 5.16. The average molecular weight is 211 g/mol. The third-order valence-electron chi connectivity index (χ3n) is 1.71. The number of hydrogen-bond acceptors (Lipinski definition) is 1. The largest absolute Gasteiger partial charge is 0.380 e. The molecule has 0 bridgehead atoms. The van der Waals surface area contributed by atoms with E-state index >= 15 is 0 Å². The van der Waals surface area contributed by atoms with Gasteiger partial charge in [-0.25, -0.2) is 0 Å². The van der Waals surface area contributed by atoms with Gasteiger partial charge in [-0.3, -0.25) is 4.39 Å². The summed E-state index contributed by atoms with van der Waals surface area (Å²) in [5, 5.41) is 0. The molecule has 80 valence electrons. The smallest absolute Gasteiger partial charge is 0.0967 e. The van der Waals surface area contributed by atoms with E-state index in [9.17, 15) is 4.39 Å². The van der Waals surface area contributed by atoms with Crippen LogP contribution in [-0.2, 0) is 4.74 Å². The molecule has 0 unspecified atom stereocenters. The van der Waals surface area contributed by atoms with E-state index in [1.54, 1.807) is 0 Å². The molecule has 0 fully saturated rings. The van der Waals surface area contributed by atoms with Gasteiger partial charge in [0.2, 0.25) is 0 Å². The molecule has 0 radical (unpaired) electrons. The van der Waals surface area contributed by atoms with Gasteiger partial charge >= 0.3 is 0 Å². The molecule has 0 aliphatic rings. The molecule has 0 aromatic rings. The first-order valence-corrected chi connectivity index (χ1v) is 5.06. The molecular formula is C10H20ClFO. The fourth-order valence-corrected chi connectivity index (χ4v) is 0.758. The summed E-state index contributed by atoms with van der Waals surface area (Å²) < 4.78 is 17.8. The van der Waals surface area contributed by atoms with Gasteiger partial charge in [0.25, 0.3) is 0 Å². The van der Waals surface area contributed by atoms with Crippen LogP contribution in [-0.4, -0.2) is 25.8 Å². The van der Waals surface area contributed by atoms with Crippen LogP contribution in [0, 0.1) is 10.8 Å². The van der Waals surface area contributed by atoms with E-state index in [4.69, 9.17) is 16.3 Å². The molecule has 0 saturated carbocycles. The van der Waals surface area contributed by atoms with Crippen molar-refractivity contribution in [3.8, 4) is 0 Å². The molecule has 0 heterocycles. The molecule has 0 aliphatic heterocycles. The summed E-state index contributed by atoms with van der Waals surface area (Å²) in [5.74, 6) is 0.559. The Morgan fingerprint density at radius 2 is 1.54 bits per heavy atom. The summed E-state index contributed by atoms with van der Waals surface area (Å²) in [7, 11) is 0. The number of hydrogen-bond donors (Lipinski definition) is 0. The van der Waals surface area contributed by atoms with Gasteiger partial charge < -0.3 is 4.74 Å². The Morgan fingerprint density at radius 3 is 1.92 bits per heavy atom. The van der Waals surface area contributed by atoms with Crippen LogP contribution in [0.3, 0.4) is 0 Å². The lowest BCUT2D eigenvalue weighted by atomic mass is 9.96. The Morgan fingerprint density at radius 1 is 1.08 bits per heavy atom. The Bertz CT molecular complexity index is 130. The Labute approximate surface area is 85.6 Å². The molecule has 0 saturated heterocycles. The highest BCUT2D eigenvalue weighted by atomic mass is 35.5. The van der Waals surface area contributed by atoms with Gasteiger partial charge in [0.1, 0.15) is 0 Å². The van der Waals surface area contributed by atoms with Crippen molar-refractivity contribution in [1.82, 2.24) is 0 Å². The normalized spacial score (nSPS) is 13.4. The fourth-order valence-electron chi connectivity index (χ4n) is 0.681. The summed E-state index contributed by atoms with van der Waals surface area (Å²) in [4.78, 5) is 0. The maximum atomic E-state index is 12.4. The molecule has 0 amide bonds. The molecule has 1 nitrogen and oxygen atoms in total. The second-order valence-electron chi connectivity index (χ2n) is 5.09. The minimum Gasteiger partial charge on any atom is -0.380 e. The second-order valence-corrected chi connectivity index (χ2v) is 5.36. The lowest BCUT2D eigenvalue weighted by Crippen LogP contribution is -2.27. The van der Waals surface area contributed by atoms with Gasteiger partial charge in [-0.1, -0.05) is 27.7 Å². The van der Waals surface area contributed by atoms with Gasteiger partial charge in [-0.05, 0) is 0 Å². The van der Waals surface area contributed by atoms with Gasteiger partial charge in [-0.15, -0.1) is 11.6 Å². The van der Waals surface area contributed by atoms with Crippen LogP contribution in [0.4, 0.5) is 4.39 Å². The van der Waals surface area contributed by atoms with E-state index in [1.165, 1.54) is 0 Å². The number of alkyl halides is 2. The van der Waals surface area contributed by atoms with Crippen molar-refractivity contribution in [3.63, 3.8) is 0 Å². The van der Waals surface area contributed by atoms with Crippen molar-refractivity contribution in [2.75, 3.05) is 25.8 Å². The zero-order chi connectivity index (χ0) is 10.5. The van der Waals surface area contributed by atoms with Crippen molar-refractivity contribution in [1.29, 1.82) is 0 Å². The van der Waals surface area contributed by atoms with Gasteiger partial charge in [0, 0.05) is 16.7 Å². The lowest BCUT2D eigenvalue weighted by molar-refractivity contribution is 0.0133. The molecule has 0 aromatic heterocycles. The standard InChI is InChI=1S/C10H20ClFO/c1-9(2,5-11)7-13-8-10(3,4)6-12/h5-8H2,1-4H3. The molecule has 13 heavy (non-hydrogen) atoms. The van der Waals surface area contributed by atoms with Gasteiger partial charge in [0.05, 0.1) is 19.9 Å². The van der Waals surface area contributed by atoms with Crippen LogP contribution >= 0.6 is 11.6 Å². The van der Waals surface area contributed by atoms with Crippen molar-refractivity contribution in [2.24, 2.45) is 10.8 Å². The maximum absolute atomic E-state index is 12.4. The summed E-state index contributed by atoms with van der Waals surface area (Å²) in [5.41, 5.74) is -0.393. The van der Waals surface area contributed by atoms with E-state index in [-0.39, 0.29) is 17.5 Å². The van der Waals surface area contributed by atoms with Crippen molar-refractivity contribution >= 4 is 11.6 Å². The maximum Gasteiger partial charge on any atom is 0.0967 e. The molecule has 0 N–H and O–H groups in total. The number of ether oxygens (including phenoxy) is 1. The van der Waals surface area contributed by atoms with E-state index in [0.29, 0.717) is 19.1 Å². The molecule has 0 spiro atoms. The summed E-state index contributed by atoms with van der Waals surface area (Å²) in [6, 6.07) is 0. The van der Waals surface area contributed by atoms with Crippen LogP contribution < -0.4 is 0 Å². The lowest BCUT2D eigenvalue weighted by Gasteiger charge is -2.25. The third kappa shape index (κ3) is 6.28. The first kappa shape index (κ1) is 13.2. The van der Waals surface area contributed by atoms with Crippen LogP contribution in [0.25, 0.3) is 0 Å². The highest BCUT2D eigenvalue weighted by Crippen LogP contribution is 2.20. The van der Waals surface area contributed by atoms with Crippen molar-refractivity contribution in [2.45, 2.75) is 27.7 Å². The van der Waals surface area contributed by atoms with E-state index in [0.717, 1.165) is 0 Å². The van der Waals surface area contributed by atoms with Crippen LogP contribution in [0.15, 0.2) is 0 Å². The topological polar surface area (TPSA) is 9.23 Å². The molecule has 3 heteroatoms. The molecule has 0 aromatic carbocycles. The molecular weight excluding hydrogens is 191 g/mol. The van der Waals surface area contributed by atoms with Crippen molar-refractivity contribution in [3.05, 3.63) is 0 Å². The first-order valence-electron chi connectivity index (χ1n) is 4.53. The molecule has 0 aliphatic carbocycles. The Balaban J connectivity index is 3.68. The SMILES string of the molecule is CC(C)(CF)COCC(C)(C)CCl. The van der Waals surface area contributed by atoms with Gasteiger partial charge in [-0.2, -0.15) is 0 Å². The highest BCUT2D eigenvalue weighted by Gasteiger charge is 2.21. The Hall–Kier alpha value is 0.180. The van der Waals surface area contributed by atoms with E-state index < -0.39 is 0 Å². The van der Waals surface area contributed by atoms with Gasteiger partial charge in [0.15, 0.2) is 0 Å². The quantitative estimate of drug-likeness (QED) is 0.612. The average Bonchev–Trinajstić information content (AvgIpc) is 2.04. The zero-order valence-corrected chi connectivity index (χ0v) is 9.75. The van der Waals surface area contributed by atoms with E-state index in [2.05, 4.69) is 0 Å². The molecule has 0 rings (SSSR count). The Kier molecular flexibility index (Phi) is 5.23. The molecule has 0 atom stereocenters. The highest BCUT2D eigenvalue weighted by molar-refractivity contribution is 6.18. The summed E-state index contributed by atoms with van der Waals surface area (Å²) in [6.07, 6.45) is 0. The van der Waals surface area contributed by atoms with Crippen LogP contribution in [0.5, 0.6) is 0 Å².